The van der Waals surface area contributed by atoms with Gasteiger partial charge in [-0.2, -0.15) is 0 Å². The van der Waals surface area contributed by atoms with Gasteiger partial charge in [-0.3, -0.25) is 14.6 Å². The Labute approximate surface area is 99.9 Å². The number of aromatic nitrogens is 1. The smallest absolute Gasteiger partial charge is 0.311 e. The van der Waals surface area contributed by atoms with Crippen LogP contribution >= 0.6 is 0 Å². The minimum atomic E-state index is -0.933. The van der Waals surface area contributed by atoms with E-state index in [4.69, 9.17) is 5.11 Å². The molecular formula is C12H16N2O3. The molecule has 0 bridgehead atoms. The predicted octanol–water partition coefficient (Wildman–Crippen LogP) is 1.31. The standard InChI is InChI=1S/C12H16N2O3/c1-3-12(2,11(16)17)8-14-10(15)9-5-4-6-13-7-9/h4-7H,3,8H2,1-2H3,(H,14,15)(H,16,17). The molecule has 1 aromatic rings. The number of nitrogens with one attached hydrogen (secondary N) is 1. The van der Waals surface area contributed by atoms with Gasteiger partial charge in [0.05, 0.1) is 11.0 Å². The Bertz CT molecular complexity index is 405. The maximum atomic E-state index is 11.7. The molecule has 0 radical (unpaired) electrons. The summed E-state index contributed by atoms with van der Waals surface area (Å²) in [6, 6.07) is 3.29. The van der Waals surface area contributed by atoms with Gasteiger partial charge >= 0.3 is 5.97 Å². The second-order valence-corrected chi connectivity index (χ2v) is 4.14. The van der Waals surface area contributed by atoms with Crippen LogP contribution in [0.5, 0.6) is 0 Å². The molecule has 1 aromatic heterocycles. The monoisotopic (exact) mass is 236 g/mol. The fourth-order valence-corrected chi connectivity index (χ4v) is 1.23. The Morgan fingerprint density at radius 2 is 2.24 bits per heavy atom. The minimum Gasteiger partial charge on any atom is -0.481 e. The second-order valence-electron chi connectivity index (χ2n) is 4.14. The van der Waals surface area contributed by atoms with E-state index in [1.165, 1.54) is 6.20 Å². The zero-order valence-corrected chi connectivity index (χ0v) is 9.93. The highest BCUT2D eigenvalue weighted by Gasteiger charge is 2.31. The highest BCUT2D eigenvalue weighted by Crippen LogP contribution is 2.19. The third kappa shape index (κ3) is 3.27. The molecule has 0 fully saturated rings. The quantitative estimate of drug-likeness (QED) is 0.807. The first kappa shape index (κ1) is 13.2. The summed E-state index contributed by atoms with van der Waals surface area (Å²) in [6.45, 7) is 3.50. The summed E-state index contributed by atoms with van der Waals surface area (Å²) in [4.78, 5) is 26.6. The molecule has 17 heavy (non-hydrogen) atoms. The number of carbonyl (C=O) groups excluding carboxylic acids is 1. The lowest BCUT2D eigenvalue weighted by atomic mass is 9.87. The zero-order valence-electron chi connectivity index (χ0n) is 9.93. The number of carboxylic acids is 1. The van der Waals surface area contributed by atoms with E-state index in [0.29, 0.717) is 12.0 Å². The molecule has 1 unspecified atom stereocenters. The number of carbonyl (C=O) groups is 2. The SMILES string of the molecule is CCC(C)(CNC(=O)c1cccnc1)C(=O)O. The minimum absolute atomic E-state index is 0.104. The van der Waals surface area contributed by atoms with Crippen molar-refractivity contribution in [3.63, 3.8) is 0 Å². The van der Waals surface area contributed by atoms with Gasteiger partial charge < -0.3 is 10.4 Å². The lowest BCUT2D eigenvalue weighted by molar-refractivity contribution is -0.147. The highest BCUT2D eigenvalue weighted by atomic mass is 16.4. The van der Waals surface area contributed by atoms with Crippen molar-refractivity contribution in [3.8, 4) is 0 Å². The van der Waals surface area contributed by atoms with E-state index in [1.807, 2.05) is 0 Å². The van der Waals surface area contributed by atoms with E-state index >= 15 is 0 Å². The largest absolute Gasteiger partial charge is 0.481 e. The molecule has 1 rings (SSSR count). The summed E-state index contributed by atoms with van der Waals surface area (Å²) in [5.74, 6) is -1.22. The molecule has 0 spiro atoms. The van der Waals surface area contributed by atoms with Crippen LogP contribution in [0, 0.1) is 5.41 Å². The molecule has 1 amide bonds. The number of hydrogen-bond acceptors (Lipinski definition) is 3. The van der Waals surface area contributed by atoms with Gasteiger partial charge in [0.1, 0.15) is 0 Å². The van der Waals surface area contributed by atoms with Crippen molar-refractivity contribution >= 4 is 11.9 Å². The van der Waals surface area contributed by atoms with Crippen molar-refractivity contribution in [2.45, 2.75) is 20.3 Å². The molecule has 1 atom stereocenters. The van der Waals surface area contributed by atoms with Gasteiger partial charge in [0.2, 0.25) is 0 Å². The van der Waals surface area contributed by atoms with Crippen molar-refractivity contribution in [2.75, 3.05) is 6.54 Å². The topological polar surface area (TPSA) is 79.3 Å². The summed E-state index contributed by atoms with van der Waals surface area (Å²) in [6.07, 6.45) is 3.47. The summed E-state index contributed by atoms with van der Waals surface area (Å²) in [5.41, 5.74) is -0.506. The molecule has 0 saturated heterocycles. The van der Waals surface area contributed by atoms with Crippen LogP contribution in [0.2, 0.25) is 0 Å². The first-order valence-electron chi connectivity index (χ1n) is 5.41. The van der Waals surface area contributed by atoms with E-state index in [0.717, 1.165) is 0 Å². The molecule has 5 nitrogen and oxygen atoms in total. The van der Waals surface area contributed by atoms with Crippen molar-refractivity contribution in [1.29, 1.82) is 0 Å². The number of amides is 1. The molecular weight excluding hydrogens is 220 g/mol. The molecule has 0 aliphatic rings. The number of hydrogen-bond donors (Lipinski definition) is 2. The maximum Gasteiger partial charge on any atom is 0.311 e. The molecule has 92 valence electrons. The fourth-order valence-electron chi connectivity index (χ4n) is 1.23. The van der Waals surface area contributed by atoms with Crippen LogP contribution in [0.4, 0.5) is 0 Å². The van der Waals surface area contributed by atoms with Crippen molar-refractivity contribution in [1.82, 2.24) is 10.3 Å². The second kappa shape index (κ2) is 5.43. The molecule has 0 aromatic carbocycles. The Morgan fingerprint density at radius 1 is 1.53 bits per heavy atom. The molecule has 1 heterocycles. The normalized spacial score (nSPS) is 13.8. The van der Waals surface area contributed by atoms with E-state index in [1.54, 1.807) is 32.2 Å². The number of pyridine rings is 1. The van der Waals surface area contributed by atoms with Gasteiger partial charge in [0.25, 0.3) is 5.91 Å². The summed E-state index contributed by atoms with van der Waals surface area (Å²) < 4.78 is 0. The lowest BCUT2D eigenvalue weighted by Gasteiger charge is -2.23. The molecule has 0 aliphatic carbocycles. The van der Waals surface area contributed by atoms with Gasteiger partial charge in [-0.15, -0.1) is 0 Å². The molecule has 0 saturated carbocycles. The number of rotatable bonds is 5. The van der Waals surface area contributed by atoms with E-state index in [9.17, 15) is 9.59 Å². The maximum absolute atomic E-state index is 11.7. The number of aliphatic carboxylic acids is 1. The van der Waals surface area contributed by atoms with Crippen LogP contribution in [-0.2, 0) is 4.79 Å². The van der Waals surface area contributed by atoms with Crippen LogP contribution < -0.4 is 5.32 Å². The van der Waals surface area contributed by atoms with Crippen molar-refractivity contribution < 1.29 is 14.7 Å². The van der Waals surface area contributed by atoms with E-state index in [2.05, 4.69) is 10.3 Å². The molecule has 5 heteroatoms. The van der Waals surface area contributed by atoms with Crippen LogP contribution in [0.25, 0.3) is 0 Å². The van der Waals surface area contributed by atoms with Crippen LogP contribution in [0.1, 0.15) is 30.6 Å². The van der Waals surface area contributed by atoms with Crippen LogP contribution in [0.3, 0.4) is 0 Å². The van der Waals surface area contributed by atoms with Gasteiger partial charge in [0, 0.05) is 18.9 Å². The third-order valence-corrected chi connectivity index (χ3v) is 2.86. The Morgan fingerprint density at radius 3 is 2.71 bits per heavy atom. The van der Waals surface area contributed by atoms with Gasteiger partial charge in [0.15, 0.2) is 0 Å². The van der Waals surface area contributed by atoms with E-state index < -0.39 is 11.4 Å². The first-order chi connectivity index (χ1) is 7.99. The molecule has 0 aliphatic heterocycles. The number of nitrogens with zero attached hydrogens (tertiary/aromatic N) is 1. The molecule has 2 N–H and O–H groups in total. The third-order valence-electron chi connectivity index (χ3n) is 2.86. The average molecular weight is 236 g/mol. The summed E-state index contributed by atoms with van der Waals surface area (Å²) in [5, 5.41) is 11.7. The van der Waals surface area contributed by atoms with E-state index in [-0.39, 0.29) is 12.5 Å². The highest BCUT2D eigenvalue weighted by molar-refractivity contribution is 5.94. The van der Waals surface area contributed by atoms with Crippen molar-refractivity contribution in [3.05, 3.63) is 30.1 Å². The lowest BCUT2D eigenvalue weighted by Crippen LogP contribution is -2.40. The van der Waals surface area contributed by atoms with Gasteiger partial charge in [-0.05, 0) is 25.5 Å². The fraction of sp³-hybridized carbons (Fsp3) is 0.417. The van der Waals surface area contributed by atoms with Crippen LogP contribution in [0.15, 0.2) is 24.5 Å². The Kier molecular flexibility index (Phi) is 4.20. The Balaban J connectivity index is 2.63. The zero-order chi connectivity index (χ0) is 12.9. The first-order valence-corrected chi connectivity index (χ1v) is 5.41. The average Bonchev–Trinajstić information content (AvgIpc) is 2.36. The summed E-state index contributed by atoms with van der Waals surface area (Å²) in [7, 11) is 0. The van der Waals surface area contributed by atoms with Crippen LogP contribution in [-0.4, -0.2) is 28.5 Å². The Hall–Kier alpha value is -1.91. The van der Waals surface area contributed by atoms with Crippen molar-refractivity contribution in [2.24, 2.45) is 5.41 Å². The predicted molar refractivity (Wildman–Crippen MR) is 62.6 cm³/mol. The van der Waals surface area contributed by atoms with Gasteiger partial charge in [-0.1, -0.05) is 6.92 Å². The van der Waals surface area contributed by atoms with Gasteiger partial charge in [-0.25, -0.2) is 0 Å². The summed E-state index contributed by atoms with van der Waals surface area (Å²) >= 11 is 0. The number of carboxylic acid groups (broad SMARTS) is 1.